The minimum atomic E-state index is -0.690. The average molecular weight is 306 g/mol. The third-order valence-corrected chi connectivity index (χ3v) is 3.01. The van der Waals surface area contributed by atoms with Crippen LogP contribution in [0.5, 0.6) is 5.75 Å². The molecule has 22 heavy (non-hydrogen) atoms. The zero-order chi connectivity index (χ0) is 15.9. The van der Waals surface area contributed by atoms with Crippen molar-refractivity contribution in [2.75, 3.05) is 19.0 Å². The molecule has 0 saturated carbocycles. The molecule has 2 rings (SSSR count). The third kappa shape index (κ3) is 4.44. The van der Waals surface area contributed by atoms with E-state index in [4.69, 9.17) is 4.74 Å². The van der Waals surface area contributed by atoms with Crippen molar-refractivity contribution < 1.29 is 18.3 Å². The number of ether oxygens (including phenoxy) is 1. The highest BCUT2D eigenvalue weighted by Gasteiger charge is 2.07. The molecule has 0 aliphatic carbocycles. The monoisotopic (exact) mass is 306 g/mol. The number of amides is 2. The van der Waals surface area contributed by atoms with Gasteiger partial charge in [-0.3, -0.25) is 0 Å². The zero-order valence-electron chi connectivity index (χ0n) is 12.0. The smallest absolute Gasteiger partial charge is 0.319 e. The number of carbonyl (C=O) groups excluding carboxylic acids is 1. The van der Waals surface area contributed by atoms with Gasteiger partial charge in [0.25, 0.3) is 0 Å². The van der Waals surface area contributed by atoms with Crippen LogP contribution in [-0.4, -0.2) is 19.7 Å². The number of anilines is 1. The van der Waals surface area contributed by atoms with E-state index in [-0.39, 0.29) is 5.69 Å². The minimum absolute atomic E-state index is 0.195. The number of carbonyl (C=O) groups is 1. The maximum atomic E-state index is 13.4. The second-order valence-corrected chi connectivity index (χ2v) is 4.61. The molecule has 0 fully saturated rings. The highest BCUT2D eigenvalue weighted by Crippen LogP contribution is 2.15. The van der Waals surface area contributed by atoms with Gasteiger partial charge in [0.05, 0.1) is 12.8 Å². The molecule has 0 unspecified atom stereocenters. The van der Waals surface area contributed by atoms with Gasteiger partial charge in [-0.05, 0) is 36.2 Å². The van der Waals surface area contributed by atoms with Crippen molar-refractivity contribution in [3.05, 3.63) is 59.7 Å². The summed E-state index contributed by atoms with van der Waals surface area (Å²) in [5.74, 6) is -0.568. The molecule has 0 spiro atoms. The predicted octanol–water partition coefficient (Wildman–Crippen LogP) is 3.34. The van der Waals surface area contributed by atoms with E-state index in [0.29, 0.717) is 13.0 Å². The van der Waals surface area contributed by atoms with Crippen molar-refractivity contribution in [3.63, 3.8) is 0 Å². The summed E-state index contributed by atoms with van der Waals surface area (Å²) in [4.78, 5) is 11.7. The Hall–Kier alpha value is -2.63. The van der Waals surface area contributed by atoms with Gasteiger partial charge in [0.2, 0.25) is 0 Å². The summed E-state index contributed by atoms with van der Waals surface area (Å²) >= 11 is 0. The van der Waals surface area contributed by atoms with Crippen molar-refractivity contribution in [1.82, 2.24) is 5.32 Å². The summed E-state index contributed by atoms with van der Waals surface area (Å²) < 4.78 is 31.5. The van der Waals surface area contributed by atoms with E-state index in [1.807, 2.05) is 24.3 Å². The van der Waals surface area contributed by atoms with Gasteiger partial charge < -0.3 is 15.4 Å². The fourth-order valence-electron chi connectivity index (χ4n) is 1.91. The molecule has 6 heteroatoms. The Morgan fingerprint density at radius 3 is 2.77 bits per heavy atom. The van der Waals surface area contributed by atoms with Crippen molar-refractivity contribution in [2.24, 2.45) is 0 Å². The first-order chi connectivity index (χ1) is 10.6. The normalized spacial score (nSPS) is 10.1. The third-order valence-electron chi connectivity index (χ3n) is 3.01. The van der Waals surface area contributed by atoms with E-state index in [1.165, 1.54) is 0 Å². The Morgan fingerprint density at radius 1 is 1.18 bits per heavy atom. The lowest BCUT2D eigenvalue weighted by Crippen LogP contribution is -2.30. The fraction of sp³-hybridized carbons (Fsp3) is 0.188. The lowest BCUT2D eigenvalue weighted by Gasteiger charge is -2.09. The second kappa shape index (κ2) is 7.40. The first kappa shape index (κ1) is 15.8. The van der Waals surface area contributed by atoms with Crippen molar-refractivity contribution in [2.45, 2.75) is 6.42 Å². The predicted molar refractivity (Wildman–Crippen MR) is 80.1 cm³/mol. The van der Waals surface area contributed by atoms with Crippen molar-refractivity contribution in [1.29, 1.82) is 0 Å². The van der Waals surface area contributed by atoms with Gasteiger partial charge in [-0.15, -0.1) is 0 Å². The lowest BCUT2D eigenvalue weighted by molar-refractivity contribution is 0.252. The van der Waals surface area contributed by atoms with Crippen molar-refractivity contribution >= 4 is 11.7 Å². The largest absolute Gasteiger partial charge is 0.497 e. The molecule has 0 aliphatic heterocycles. The maximum absolute atomic E-state index is 13.4. The van der Waals surface area contributed by atoms with E-state index in [9.17, 15) is 13.6 Å². The summed E-state index contributed by atoms with van der Waals surface area (Å²) in [5.41, 5.74) is 0.801. The maximum Gasteiger partial charge on any atom is 0.319 e. The van der Waals surface area contributed by atoms with Gasteiger partial charge in [-0.2, -0.15) is 0 Å². The van der Waals surface area contributed by atoms with Gasteiger partial charge in [0.15, 0.2) is 0 Å². The lowest BCUT2D eigenvalue weighted by atomic mass is 10.1. The Labute approximate surface area is 127 Å². The van der Waals surface area contributed by atoms with Crippen molar-refractivity contribution in [3.8, 4) is 5.75 Å². The Kier molecular flexibility index (Phi) is 5.30. The molecule has 0 heterocycles. The average Bonchev–Trinajstić information content (AvgIpc) is 2.51. The van der Waals surface area contributed by atoms with Crippen LogP contribution in [0.15, 0.2) is 42.5 Å². The van der Waals surface area contributed by atoms with Gasteiger partial charge in [0, 0.05) is 12.6 Å². The first-order valence-electron chi connectivity index (χ1n) is 6.71. The van der Waals surface area contributed by atoms with Gasteiger partial charge in [0.1, 0.15) is 17.4 Å². The second-order valence-electron chi connectivity index (χ2n) is 4.61. The number of hydrogen-bond donors (Lipinski definition) is 2. The van der Waals surface area contributed by atoms with E-state index >= 15 is 0 Å². The molecule has 2 amide bonds. The molecular weight excluding hydrogens is 290 g/mol. The SMILES string of the molecule is COc1cccc(CCNC(=O)Nc2cc(F)ccc2F)c1. The number of methoxy groups -OCH3 is 1. The Bertz CT molecular complexity index is 662. The van der Waals surface area contributed by atoms with Crippen LogP contribution in [0.2, 0.25) is 0 Å². The van der Waals surface area contributed by atoms with E-state index in [2.05, 4.69) is 10.6 Å². The van der Waals surface area contributed by atoms with Crippen LogP contribution in [0.25, 0.3) is 0 Å². The molecule has 0 saturated heterocycles. The number of urea groups is 1. The van der Waals surface area contributed by atoms with E-state index in [0.717, 1.165) is 29.5 Å². The molecule has 0 radical (unpaired) electrons. The van der Waals surface area contributed by atoms with Crippen LogP contribution in [-0.2, 0) is 6.42 Å². The van der Waals surface area contributed by atoms with Crippen LogP contribution >= 0.6 is 0 Å². The van der Waals surface area contributed by atoms with Gasteiger partial charge >= 0.3 is 6.03 Å². The Balaban J connectivity index is 1.84. The molecule has 4 nitrogen and oxygen atoms in total. The molecule has 0 aromatic heterocycles. The molecule has 2 aromatic carbocycles. The first-order valence-corrected chi connectivity index (χ1v) is 6.71. The fourth-order valence-corrected chi connectivity index (χ4v) is 1.91. The molecule has 0 atom stereocenters. The van der Waals surface area contributed by atoms with Crippen LogP contribution in [0.1, 0.15) is 5.56 Å². The van der Waals surface area contributed by atoms with Crippen LogP contribution in [0.3, 0.4) is 0 Å². The van der Waals surface area contributed by atoms with Crippen LogP contribution < -0.4 is 15.4 Å². The van der Waals surface area contributed by atoms with Crippen LogP contribution in [0, 0.1) is 11.6 Å². The van der Waals surface area contributed by atoms with Gasteiger partial charge in [-0.1, -0.05) is 12.1 Å². The quantitative estimate of drug-likeness (QED) is 0.890. The number of halogens is 2. The number of benzene rings is 2. The highest BCUT2D eigenvalue weighted by molar-refractivity contribution is 5.89. The topological polar surface area (TPSA) is 50.4 Å². The van der Waals surface area contributed by atoms with E-state index in [1.54, 1.807) is 7.11 Å². The molecule has 2 N–H and O–H groups in total. The molecule has 0 bridgehead atoms. The molecule has 0 aliphatic rings. The molecular formula is C16H16F2N2O2. The Morgan fingerprint density at radius 2 is 2.00 bits per heavy atom. The molecule has 2 aromatic rings. The standard InChI is InChI=1S/C16H16F2N2O2/c1-22-13-4-2-3-11(9-13)7-8-19-16(21)20-15-10-12(17)5-6-14(15)18/h2-6,9-10H,7-8H2,1H3,(H2,19,20,21). The summed E-state index contributed by atoms with van der Waals surface area (Å²) in [6.45, 7) is 0.357. The number of rotatable bonds is 5. The summed E-state index contributed by atoms with van der Waals surface area (Å²) in [6, 6.07) is 9.75. The highest BCUT2D eigenvalue weighted by atomic mass is 19.1. The minimum Gasteiger partial charge on any atom is -0.497 e. The number of hydrogen-bond acceptors (Lipinski definition) is 2. The summed E-state index contributed by atoms with van der Waals surface area (Å²) in [7, 11) is 1.58. The summed E-state index contributed by atoms with van der Waals surface area (Å²) in [6.07, 6.45) is 0.594. The summed E-state index contributed by atoms with van der Waals surface area (Å²) in [5, 5.41) is 4.85. The van der Waals surface area contributed by atoms with Gasteiger partial charge in [-0.25, -0.2) is 13.6 Å². The molecule has 116 valence electrons. The zero-order valence-corrected chi connectivity index (χ0v) is 12.0. The number of nitrogens with one attached hydrogen (secondary N) is 2. The van der Waals surface area contributed by atoms with E-state index < -0.39 is 17.7 Å². The van der Waals surface area contributed by atoms with Crippen LogP contribution in [0.4, 0.5) is 19.3 Å².